The summed E-state index contributed by atoms with van der Waals surface area (Å²) in [6.45, 7) is 0. The van der Waals surface area contributed by atoms with Crippen molar-refractivity contribution >= 4 is 11.3 Å². The van der Waals surface area contributed by atoms with Crippen molar-refractivity contribution in [2.75, 3.05) is 0 Å². The van der Waals surface area contributed by atoms with Gasteiger partial charge in [-0.05, 0) is 0 Å². The number of thiazole rings is 1. The molecule has 0 spiro atoms. The predicted octanol–water partition coefficient (Wildman–Crippen LogP) is 3.28. The lowest BCUT2D eigenvalue weighted by atomic mass is 10.2. The zero-order valence-electron chi connectivity index (χ0n) is 9.19. The van der Waals surface area contributed by atoms with E-state index in [1.165, 1.54) is 0 Å². The Morgan fingerprint density at radius 1 is 1.22 bits per heavy atom. The van der Waals surface area contributed by atoms with E-state index >= 15 is 0 Å². The van der Waals surface area contributed by atoms with Crippen LogP contribution in [0.1, 0.15) is 5.01 Å². The van der Waals surface area contributed by atoms with Crippen molar-refractivity contribution in [2.45, 2.75) is 18.7 Å². The van der Waals surface area contributed by atoms with Gasteiger partial charge in [-0.2, -0.15) is 13.2 Å². The second kappa shape index (κ2) is 5.07. The molecule has 0 amide bonds. The number of nitrogens with zero attached hydrogens (tertiary/aromatic N) is 1. The first kappa shape index (κ1) is 13.0. The first-order valence-corrected chi connectivity index (χ1v) is 6.09. The van der Waals surface area contributed by atoms with Crippen LogP contribution in [-0.4, -0.2) is 22.4 Å². The molecule has 0 radical (unpaired) electrons. The van der Waals surface area contributed by atoms with E-state index in [1.54, 1.807) is 5.38 Å². The minimum absolute atomic E-state index is 0.277. The Morgan fingerprint density at radius 2 is 1.89 bits per heavy atom. The quantitative estimate of drug-likeness (QED) is 0.931. The van der Waals surface area contributed by atoms with Crippen LogP contribution in [0.25, 0.3) is 11.3 Å². The van der Waals surface area contributed by atoms with E-state index in [2.05, 4.69) is 4.98 Å². The number of hydrogen-bond acceptors (Lipinski definition) is 3. The van der Waals surface area contributed by atoms with E-state index in [0.717, 1.165) is 16.9 Å². The van der Waals surface area contributed by atoms with Gasteiger partial charge in [0.25, 0.3) is 0 Å². The molecule has 0 saturated heterocycles. The minimum atomic E-state index is -4.60. The second-order valence-corrected chi connectivity index (χ2v) is 4.70. The Bertz CT molecular complexity index is 510. The molecule has 0 aliphatic heterocycles. The van der Waals surface area contributed by atoms with Gasteiger partial charge in [-0.3, -0.25) is 0 Å². The van der Waals surface area contributed by atoms with Crippen molar-refractivity contribution in [3.63, 3.8) is 0 Å². The molecule has 1 aromatic carbocycles. The lowest BCUT2D eigenvalue weighted by Gasteiger charge is -2.12. The van der Waals surface area contributed by atoms with Crippen LogP contribution in [0.2, 0.25) is 0 Å². The van der Waals surface area contributed by atoms with E-state index in [4.69, 9.17) is 5.11 Å². The summed E-state index contributed by atoms with van der Waals surface area (Å²) in [6.07, 6.45) is -7.45. The van der Waals surface area contributed by atoms with Crippen molar-refractivity contribution in [1.82, 2.24) is 4.98 Å². The molecule has 2 rings (SSSR count). The van der Waals surface area contributed by atoms with E-state index in [-0.39, 0.29) is 5.01 Å². The summed E-state index contributed by atoms with van der Waals surface area (Å²) in [4.78, 5) is 4.09. The van der Waals surface area contributed by atoms with Crippen LogP contribution in [0.4, 0.5) is 13.2 Å². The fourth-order valence-corrected chi connectivity index (χ4v) is 2.27. The molecule has 0 bridgehead atoms. The predicted molar refractivity (Wildman–Crippen MR) is 63.3 cm³/mol. The standard InChI is InChI=1S/C12H10F3NOS/c13-12(14,15)10(17)6-11-16-9(7-18-11)8-4-2-1-3-5-8/h1-5,7,10,17H,6H2/t10-/m1/s1. The second-order valence-electron chi connectivity index (χ2n) is 3.75. The Hall–Kier alpha value is -1.40. The molecule has 0 fully saturated rings. The number of alkyl halides is 3. The molecular formula is C12H10F3NOS. The van der Waals surface area contributed by atoms with Crippen molar-refractivity contribution in [3.8, 4) is 11.3 Å². The normalized spacial score (nSPS) is 13.6. The molecule has 6 heteroatoms. The van der Waals surface area contributed by atoms with Crippen LogP contribution in [0.5, 0.6) is 0 Å². The molecule has 1 heterocycles. The van der Waals surface area contributed by atoms with Crippen LogP contribution in [0.3, 0.4) is 0 Å². The van der Waals surface area contributed by atoms with Crippen LogP contribution in [-0.2, 0) is 6.42 Å². The van der Waals surface area contributed by atoms with Crippen LogP contribution < -0.4 is 0 Å². The molecule has 2 aromatic rings. The summed E-state index contributed by atoms with van der Waals surface area (Å²) in [5, 5.41) is 10.9. The number of rotatable bonds is 3. The van der Waals surface area contributed by atoms with Crippen molar-refractivity contribution in [3.05, 3.63) is 40.7 Å². The van der Waals surface area contributed by atoms with Gasteiger partial charge >= 0.3 is 6.18 Å². The molecule has 0 unspecified atom stereocenters. The SMILES string of the molecule is O[C@H](Cc1nc(-c2ccccc2)cs1)C(F)(F)F. The van der Waals surface area contributed by atoms with Gasteiger partial charge in [0.2, 0.25) is 0 Å². The number of benzene rings is 1. The Kier molecular flexibility index (Phi) is 3.68. The molecule has 18 heavy (non-hydrogen) atoms. The summed E-state index contributed by atoms with van der Waals surface area (Å²) in [6, 6.07) is 9.18. The third-order valence-corrected chi connectivity index (χ3v) is 3.24. The number of hydrogen-bond donors (Lipinski definition) is 1. The molecular weight excluding hydrogens is 263 g/mol. The molecule has 0 aliphatic carbocycles. The van der Waals surface area contributed by atoms with Gasteiger partial charge in [-0.15, -0.1) is 11.3 Å². The summed E-state index contributed by atoms with van der Waals surface area (Å²) < 4.78 is 36.6. The first-order valence-electron chi connectivity index (χ1n) is 5.21. The van der Waals surface area contributed by atoms with Gasteiger partial charge in [0.15, 0.2) is 6.10 Å². The van der Waals surface area contributed by atoms with E-state index in [0.29, 0.717) is 5.69 Å². The lowest BCUT2D eigenvalue weighted by molar-refractivity contribution is -0.203. The summed E-state index contributed by atoms with van der Waals surface area (Å²) in [5.41, 5.74) is 1.48. The first-order chi connectivity index (χ1) is 8.47. The van der Waals surface area contributed by atoms with Crippen LogP contribution in [0.15, 0.2) is 35.7 Å². The highest BCUT2D eigenvalue weighted by Gasteiger charge is 2.38. The highest BCUT2D eigenvalue weighted by atomic mass is 32.1. The summed E-state index contributed by atoms with van der Waals surface area (Å²) in [7, 11) is 0. The summed E-state index contributed by atoms with van der Waals surface area (Å²) in [5.74, 6) is 0. The van der Waals surface area contributed by atoms with E-state index in [9.17, 15) is 13.2 Å². The number of aliphatic hydroxyl groups is 1. The van der Waals surface area contributed by atoms with Gasteiger partial charge in [-0.25, -0.2) is 4.98 Å². The zero-order chi connectivity index (χ0) is 13.2. The average molecular weight is 273 g/mol. The smallest absolute Gasteiger partial charge is 0.383 e. The van der Waals surface area contributed by atoms with Crippen molar-refractivity contribution in [1.29, 1.82) is 0 Å². The molecule has 1 aromatic heterocycles. The topological polar surface area (TPSA) is 33.1 Å². The van der Waals surface area contributed by atoms with Crippen LogP contribution in [0, 0.1) is 0 Å². The maximum absolute atomic E-state index is 12.2. The summed E-state index contributed by atoms with van der Waals surface area (Å²) >= 11 is 1.12. The third kappa shape index (κ3) is 3.08. The van der Waals surface area contributed by atoms with E-state index < -0.39 is 18.7 Å². The number of halogens is 3. The number of aromatic nitrogens is 1. The molecule has 96 valence electrons. The average Bonchev–Trinajstić information content (AvgIpc) is 2.77. The zero-order valence-corrected chi connectivity index (χ0v) is 10.0. The van der Waals surface area contributed by atoms with Crippen molar-refractivity contribution in [2.24, 2.45) is 0 Å². The molecule has 2 nitrogen and oxygen atoms in total. The van der Waals surface area contributed by atoms with E-state index in [1.807, 2.05) is 30.3 Å². The van der Waals surface area contributed by atoms with Gasteiger partial charge in [0.1, 0.15) is 0 Å². The molecule has 0 saturated carbocycles. The fourth-order valence-electron chi connectivity index (χ4n) is 1.43. The molecule has 1 atom stereocenters. The molecule has 0 aliphatic rings. The highest BCUT2D eigenvalue weighted by molar-refractivity contribution is 7.09. The van der Waals surface area contributed by atoms with Gasteiger partial charge in [0.05, 0.1) is 10.7 Å². The maximum Gasteiger partial charge on any atom is 0.414 e. The maximum atomic E-state index is 12.2. The Morgan fingerprint density at radius 3 is 2.50 bits per heavy atom. The van der Waals surface area contributed by atoms with Gasteiger partial charge in [-0.1, -0.05) is 30.3 Å². The third-order valence-electron chi connectivity index (χ3n) is 2.37. The van der Waals surface area contributed by atoms with Crippen LogP contribution >= 0.6 is 11.3 Å². The minimum Gasteiger partial charge on any atom is -0.383 e. The van der Waals surface area contributed by atoms with Gasteiger partial charge < -0.3 is 5.11 Å². The lowest BCUT2D eigenvalue weighted by Crippen LogP contribution is -2.30. The Balaban J connectivity index is 2.12. The highest BCUT2D eigenvalue weighted by Crippen LogP contribution is 2.26. The monoisotopic (exact) mass is 273 g/mol. The van der Waals surface area contributed by atoms with Gasteiger partial charge in [0, 0.05) is 17.4 Å². The van der Waals surface area contributed by atoms with Crippen molar-refractivity contribution < 1.29 is 18.3 Å². The Labute approximate surface area is 106 Å². The largest absolute Gasteiger partial charge is 0.414 e. The number of aliphatic hydroxyl groups excluding tert-OH is 1. The molecule has 1 N–H and O–H groups in total. The fraction of sp³-hybridized carbons (Fsp3) is 0.250.